The molecule has 1 aliphatic rings. The largest absolute Gasteiger partial charge is 0.494 e. The van der Waals surface area contributed by atoms with Crippen molar-refractivity contribution >= 4 is 27.8 Å². The van der Waals surface area contributed by atoms with Gasteiger partial charge in [0.05, 0.1) is 18.6 Å². The van der Waals surface area contributed by atoms with Crippen LogP contribution in [0.25, 0.3) is 0 Å². The van der Waals surface area contributed by atoms with Crippen LogP contribution in [0.1, 0.15) is 51.4 Å². The van der Waals surface area contributed by atoms with E-state index in [9.17, 15) is 9.59 Å². The smallest absolute Gasteiger partial charge is 0.305 e. The summed E-state index contributed by atoms with van der Waals surface area (Å²) in [6.45, 7) is 0.565. The molecule has 2 rings (SSSR count). The SMILES string of the molecule is O=C(O)CC1(NC(=O)CCCCOc2ccc(Br)cc2)CCCC1. The molecule has 1 saturated carbocycles. The molecule has 24 heavy (non-hydrogen) atoms. The van der Waals surface area contributed by atoms with E-state index in [0.29, 0.717) is 13.0 Å². The van der Waals surface area contributed by atoms with E-state index in [0.717, 1.165) is 48.7 Å². The molecule has 0 radical (unpaired) electrons. The highest BCUT2D eigenvalue weighted by Crippen LogP contribution is 2.32. The van der Waals surface area contributed by atoms with Gasteiger partial charge in [0, 0.05) is 10.9 Å². The number of unbranched alkanes of at least 4 members (excludes halogenated alkanes) is 1. The number of carbonyl (C=O) groups excluding carboxylic acids is 1. The molecule has 6 heteroatoms. The van der Waals surface area contributed by atoms with Crippen LogP contribution in [0.4, 0.5) is 0 Å². The predicted molar refractivity (Wildman–Crippen MR) is 95.1 cm³/mol. The molecule has 1 aliphatic carbocycles. The van der Waals surface area contributed by atoms with E-state index >= 15 is 0 Å². The molecule has 0 spiro atoms. The normalized spacial score (nSPS) is 15.9. The fourth-order valence-electron chi connectivity index (χ4n) is 3.15. The number of hydrogen-bond acceptors (Lipinski definition) is 3. The minimum atomic E-state index is -0.847. The number of amides is 1. The van der Waals surface area contributed by atoms with Crippen LogP contribution in [0.3, 0.4) is 0 Å². The number of ether oxygens (including phenoxy) is 1. The number of carboxylic acid groups (broad SMARTS) is 1. The molecule has 5 nitrogen and oxygen atoms in total. The van der Waals surface area contributed by atoms with E-state index in [2.05, 4.69) is 21.2 Å². The van der Waals surface area contributed by atoms with Crippen molar-refractivity contribution in [1.82, 2.24) is 5.32 Å². The molecule has 0 atom stereocenters. The monoisotopic (exact) mass is 397 g/mol. The summed E-state index contributed by atoms with van der Waals surface area (Å²) in [6.07, 6.45) is 5.43. The minimum Gasteiger partial charge on any atom is -0.494 e. The first-order chi connectivity index (χ1) is 11.5. The Morgan fingerprint density at radius 3 is 2.46 bits per heavy atom. The molecule has 1 fully saturated rings. The molecule has 0 saturated heterocycles. The van der Waals surface area contributed by atoms with Crippen LogP contribution in [0.5, 0.6) is 5.75 Å². The highest BCUT2D eigenvalue weighted by atomic mass is 79.9. The van der Waals surface area contributed by atoms with Gasteiger partial charge in [-0.15, -0.1) is 0 Å². The zero-order chi connectivity index (χ0) is 17.4. The van der Waals surface area contributed by atoms with Crippen molar-refractivity contribution in [2.24, 2.45) is 0 Å². The Morgan fingerprint density at radius 2 is 1.83 bits per heavy atom. The molecule has 1 aromatic rings. The first-order valence-electron chi connectivity index (χ1n) is 8.40. The minimum absolute atomic E-state index is 0.0193. The van der Waals surface area contributed by atoms with Crippen LogP contribution in [0.2, 0.25) is 0 Å². The molecule has 132 valence electrons. The van der Waals surface area contributed by atoms with Crippen LogP contribution in [0.15, 0.2) is 28.7 Å². The molecular formula is C18H24BrNO4. The number of hydrogen-bond donors (Lipinski definition) is 2. The predicted octanol–water partition coefficient (Wildman–Crippen LogP) is 3.90. The van der Waals surface area contributed by atoms with Crippen LogP contribution in [0, 0.1) is 0 Å². The third-order valence-electron chi connectivity index (χ3n) is 4.34. The van der Waals surface area contributed by atoms with Crippen molar-refractivity contribution in [3.63, 3.8) is 0 Å². The maximum atomic E-state index is 12.1. The third-order valence-corrected chi connectivity index (χ3v) is 4.86. The van der Waals surface area contributed by atoms with Gasteiger partial charge in [-0.25, -0.2) is 0 Å². The lowest BCUT2D eigenvalue weighted by atomic mass is 9.93. The van der Waals surface area contributed by atoms with Crippen molar-refractivity contribution in [2.75, 3.05) is 6.61 Å². The van der Waals surface area contributed by atoms with Gasteiger partial charge in [0.25, 0.3) is 0 Å². The van der Waals surface area contributed by atoms with Gasteiger partial charge in [-0.1, -0.05) is 28.8 Å². The average Bonchev–Trinajstić information content (AvgIpc) is 2.96. The third kappa shape index (κ3) is 6.15. The zero-order valence-corrected chi connectivity index (χ0v) is 15.3. The van der Waals surface area contributed by atoms with Crippen molar-refractivity contribution in [3.05, 3.63) is 28.7 Å². The molecule has 2 N–H and O–H groups in total. The summed E-state index contributed by atoms with van der Waals surface area (Å²) in [7, 11) is 0. The first kappa shape index (κ1) is 18.8. The van der Waals surface area contributed by atoms with Crippen LogP contribution in [-0.4, -0.2) is 29.1 Å². The molecule has 0 heterocycles. The lowest BCUT2D eigenvalue weighted by Crippen LogP contribution is -2.47. The van der Waals surface area contributed by atoms with E-state index in [1.807, 2.05) is 24.3 Å². The van der Waals surface area contributed by atoms with Gasteiger partial charge in [0.15, 0.2) is 0 Å². The van der Waals surface area contributed by atoms with Gasteiger partial charge in [0.2, 0.25) is 5.91 Å². The van der Waals surface area contributed by atoms with E-state index in [1.54, 1.807) is 0 Å². The summed E-state index contributed by atoms with van der Waals surface area (Å²) in [5, 5.41) is 12.0. The van der Waals surface area contributed by atoms with Crippen molar-refractivity contribution in [1.29, 1.82) is 0 Å². The van der Waals surface area contributed by atoms with E-state index < -0.39 is 11.5 Å². The van der Waals surface area contributed by atoms with Crippen LogP contribution < -0.4 is 10.1 Å². The Hall–Kier alpha value is -1.56. The summed E-state index contributed by atoms with van der Waals surface area (Å²) in [4.78, 5) is 23.1. The highest BCUT2D eigenvalue weighted by molar-refractivity contribution is 9.10. The Labute approximate surface area is 150 Å². The standard InChI is InChI=1S/C18H24BrNO4/c19-14-6-8-15(9-7-14)24-12-4-1-5-16(21)20-18(13-17(22)23)10-2-3-11-18/h6-9H,1-5,10-13H2,(H,20,21)(H,22,23). The molecule has 1 amide bonds. The maximum absolute atomic E-state index is 12.1. The Balaban J connectivity index is 1.65. The second-order valence-electron chi connectivity index (χ2n) is 6.37. The van der Waals surface area contributed by atoms with Crippen LogP contribution in [-0.2, 0) is 9.59 Å². The number of rotatable bonds is 9. The number of nitrogens with one attached hydrogen (secondary N) is 1. The topological polar surface area (TPSA) is 75.6 Å². The Morgan fingerprint density at radius 1 is 1.17 bits per heavy atom. The number of aliphatic carboxylic acids is 1. The Bertz CT molecular complexity index is 553. The highest BCUT2D eigenvalue weighted by Gasteiger charge is 2.37. The van der Waals surface area contributed by atoms with Gasteiger partial charge >= 0.3 is 5.97 Å². The molecular weight excluding hydrogens is 374 g/mol. The first-order valence-corrected chi connectivity index (χ1v) is 9.20. The second kappa shape index (κ2) is 9.06. The second-order valence-corrected chi connectivity index (χ2v) is 7.28. The van der Waals surface area contributed by atoms with Crippen molar-refractivity contribution < 1.29 is 19.4 Å². The molecule has 0 unspecified atom stereocenters. The van der Waals surface area contributed by atoms with Gasteiger partial charge in [0.1, 0.15) is 5.75 Å². The van der Waals surface area contributed by atoms with Crippen LogP contribution >= 0.6 is 15.9 Å². The average molecular weight is 398 g/mol. The lowest BCUT2D eigenvalue weighted by Gasteiger charge is -2.28. The molecule has 0 aromatic heterocycles. The summed E-state index contributed by atoms with van der Waals surface area (Å²) in [5.41, 5.74) is -0.531. The Kier molecular flexibility index (Phi) is 7.09. The fourth-order valence-corrected chi connectivity index (χ4v) is 3.42. The van der Waals surface area contributed by atoms with Crippen molar-refractivity contribution in [3.8, 4) is 5.75 Å². The quantitative estimate of drug-likeness (QED) is 0.619. The number of carboxylic acids is 1. The van der Waals surface area contributed by atoms with E-state index in [-0.39, 0.29) is 12.3 Å². The van der Waals surface area contributed by atoms with E-state index in [1.165, 1.54) is 0 Å². The number of halogens is 1. The van der Waals surface area contributed by atoms with E-state index in [4.69, 9.17) is 9.84 Å². The van der Waals surface area contributed by atoms with Gasteiger partial charge in [-0.05, 0) is 49.9 Å². The zero-order valence-electron chi connectivity index (χ0n) is 13.7. The maximum Gasteiger partial charge on any atom is 0.305 e. The molecule has 0 bridgehead atoms. The number of benzene rings is 1. The van der Waals surface area contributed by atoms with Gasteiger partial charge in [-0.2, -0.15) is 0 Å². The molecule has 0 aliphatic heterocycles. The summed E-state index contributed by atoms with van der Waals surface area (Å²) in [5.74, 6) is -0.0871. The number of carbonyl (C=O) groups is 2. The summed E-state index contributed by atoms with van der Waals surface area (Å²) < 4.78 is 6.63. The lowest BCUT2D eigenvalue weighted by molar-refractivity contribution is -0.139. The summed E-state index contributed by atoms with van der Waals surface area (Å²) in [6, 6.07) is 7.64. The van der Waals surface area contributed by atoms with Gasteiger partial charge < -0.3 is 15.2 Å². The fraction of sp³-hybridized carbons (Fsp3) is 0.556. The molecule has 1 aromatic carbocycles. The summed E-state index contributed by atoms with van der Waals surface area (Å²) >= 11 is 3.37. The van der Waals surface area contributed by atoms with Crippen molar-refractivity contribution in [2.45, 2.75) is 56.9 Å². The van der Waals surface area contributed by atoms with Gasteiger partial charge in [-0.3, -0.25) is 9.59 Å².